The van der Waals surface area contributed by atoms with E-state index < -0.39 is 11.5 Å². The zero-order chi connectivity index (χ0) is 17.4. The average Bonchev–Trinajstić information content (AvgIpc) is 2.74. The minimum atomic E-state index is -1.05. The van der Waals surface area contributed by atoms with E-state index in [0.717, 1.165) is 5.52 Å². The molecule has 2 amide bonds. The van der Waals surface area contributed by atoms with Crippen molar-refractivity contribution in [1.29, 1.82) is 0 Å². The fraction of sp³-hybridized carbons (Fsp3) is 0.312. The molecule has 2 rings (SSSR count). The Labute approximate surface area is 133 Å². The van der Waals surface area contributed by atoms with Crippen molar-refractivity contribution in [1.82, 2.24) is 9.88 Å². The van der Waals surface area contributed by atoms with Crippen LogP contribution in [0, 0.1) is 0 Å². The fourth-order valence-corrected chi connectivity index (χ4v) is 2.42. The quantitative estimate of drug-likeness (QED) is 0.799. The van der Waals surface area contributed by atoms with Gasteiger partial charge in [-0.3, -0.25) is 9.59 Å². The highest BCUT2D eigenvalue weighted by molar-refractivity contribution is 6.02. The molecule has 0 aliphatic rings. The molecule has 0 unspecified atom stereocenters. The van der Waals surface area contributed by atoms with E-state index in [0.29, 0.717) is 11.1 Å². The molecular formula is C16H19N3O4. The number of anilines is 1. The number of aryl methyl sites for hydroxylation is 1. The number of carboxylic acid groups (broad SMARTS) is 1. The molecule has 23 heavy (non-hydrogen) atoms. The number of aromatic nitrogens is 1. The summed E-state index contributed by atoms with van der Waals surface area (Å²) in [5, 5.41) is 15.1. The summed E-state index contributed by atoms with van der Waals surface area (Å²) in [6.45, 7) is 4.55. The van der Waals surface area contributed by atoms with E-state index >= 15 is 0 Å². The molecule has 0 spiro atoms. The van der Waals surface area contributed by atoms with Crippen LogP contribution in [0.2, 0.25) is 0 Å². The summed E-state index contributed by atoms with van der Waals surface area (Å²) in [4.78, 5) is 34.6. The summed E-state index contributed by atoms with van der Waals surface area (Å²) >= 11 is 0. The lowest BCUT2D eigenvalue weighted by atomic mass is 10.0. The van der Waals surface area contributed by atoms with Crippen LogP contribution in [0.15, 0.2) is 24.3 Å². The highest BCUT2D eigenvalue weighted by Crippen LogP contribution is 2.23. The molecule has 2 aromatic rings. The van der Waals surface area contributed by atoms with Crippen LogP contribution in [0.25, 0.3) is 10.9 Å². The molecule has 0 aliphatic carbocycles. The van der Waals surface area contributed by atoms with Gasteiger partial charge >= 0.3 is 5.97 Å². The van der Waals surface area contributed by atoms with Crippen molar-refractivity contribution in [2.75, 3.05) is 5.32 Å². The highest BCUT2D eigenvalue weighted by atomic mass is 16.4. The van der Waals surface area contributed by atoms with E-state index in [1.165, 1.54) is 6.92 Å². The van der Waals surface area contributed by atoms with Gasteiger partial charge in [0.05, 0.1) is 0 Å². The second kappa shape index (κ2) is 5.75. The number of carbonyl (C=O) groups is 3. The van der Waals surface area contributed by atoms with Crippen LogP contribution in [0.5, 0.6) is 0 Å². The summed E-state index contributed by atoms with van der Waals surface area (Å²) in [7, 11) is 1.67. The lowest BCUT2D eigenvalue weighted by Crippen LogP contribution is -2.51. The van der Waals surface area contributed by atoms with Gasteiger partial charge in [0.25, 0.3) is 0 Å². The second-order valence-corrected chi connectivity index (χ2v) is 5.93. The van der Waals surface area contributed by atoms with Gasteiger partial charge in [-0.1, -0.05) is 0 Å². The molecular weight excluding hydrogens is 298 g/mol. The number of nitrogens with zero attached hydrogens (tertiary/aromatic N) is 1. The smallest absolute Gasteiger partial charge is 0.352 e. The fourth-order valence-electron chi connectivity index (χ4n) is 2.42. The first-order valence-corrected chi connectivity index (χ1v) is 7.05. The van der Waals surface area contributed by atoms with Crippen molar-refractivity contribution in [2.24, 2.45) is 7.05 Å². The molecule has 122 valence electrons. The van der Waals surface area contributed by atoms with Crippen molar-refractivity contribution in [3.05, 3.63) is 30.0 Å². The minimum Gasteiger partial charge on any atom is -0.477 e. The first-order valence-electron chi connectivity index (χ1n) is 7.05. The molecule has 0 saturated heterocycles. The topological polar surface area (TPSA) is 100 Å². The Morgan fingerprint density at radius 1 is 1.17 bits per heavy atom. The molecule has 0 atom stereocenters. The van der Waals surface area contributed by atoms with Crippen LogP contribution < -0.4 is 10.6 Å². The van der Waals surface area contributed by atoms with Crippen LogP contribution in [0.1, 0.15) is 31.3 Å². The Morgan fingerprint density at radius 2 is 1.83 bits per heavy atom. The molecule has 0 aliphatic heterocycles. The zero-order valence-electron chi connectivity index (χ0n) is 13.4. The van der Waals surface area contributed by atoms with Gasteiger partial charge in [-0.25, -0.2) is 4.79 Å². The summed E-state index contributed by atoms with van der Waals surface area (Å²) in [6, 6.07) is 6.67. The van der Waals surface area contributed by atoms with Crippen LogP contribution in [-0.2, 0) is 16.6 Å². The molecule has 1 aromatic carbocycles. The average molecular weight is 317 g/mol. The van der Waals surface area contributed by atoms with E-state index in [1.807, 2.05) is 0 Å². The predicted octanol–water partition coefficient (Wildman–Crippen LogP) is 1.73. The number of aromatic carboxylic acids is 1. The van der Waals surface area contributed by atoms with Gasteiger partial charge in [-0.15, -0.1) is 0 Å². The monoisotopic (exact) mass is 317 g/mol. The molecule has 0 radical (unpaired) electrons. The third kappa shape index (κ3) is 3.33. The normalized spacial score (nSPS) is 11.3. The van der Waals surface area contributed by atoms with E-state index in [2.05, 4.69) is 10.6 Å². The van der Waals surface area contributed by atoms with Gasteiger partial charge in [0.15, 0.2) is 0 Å². The maximum atomic E-state index is 12.3. The van der Waals surface area contributed by atoms with Gasteiger partial charge in [0, 0.05) is 30.6 Å². The molecule has 7 nitrogen and oxygen atoms in total. The van der Waals surface area contributed by atoms with Gasteiger partial charge in [-0.2, -0.15) is 0 Å². The summed E-state index contributed by atoms with van der Waals surface area (Å²) in [6.07, 6.45) is 0. The summed E-state index contributed by atoms with van der Waals surface area (Å²) < 4.78 is 1.57. The first-order chi connectivity index (χ1) is 10.6. The van der Waals surface area contributed by atoms with Crippen LogP contribution in [0.3, 0.4) is 0 Å². The number of carboxylic acids is 1. The lowest BCUT2D eigenvalue weighted by molar-refractivity contribution is -0.128. The Bertz CT molecular complexity index is 805. The Balaban J connectivity index is 2.29. The Hall–Kier alpha value is -2.83. The predicted molar refractivity (Wildman–Crippen MR) is 86.4 cm³/mol. The first kappa shape index (κ1) is 16.5. The van der Waals surface area contributed by atoms with Gasteiger partial charge < -0.3 is 20.3 Å². The van der Waals surface area contributed by atoms with Crippen LogP contribution >= 0.6 is 0 Å². The third-order valence-electron chi connectivity index (χ3n) is 3.58. The SMILES string of the molecule is CC(=O)NC(C)(C)C(=O)Nc1ccc2c(c1)cc(C(=O)O)n2C. The van der Waals surface area contributed by atoms with Crippen LogP contribution in [-0.4, -0.2) is 33.0 Å². The van der Waals surface area contributed by atoms with E-state index in [1.54, 1.807) is 49.7 Å². The molecule has 3 N–H and O–H groups in total. The standard InChI is InChI=1S/C16H19N3O4/c1-9(20)18-16(2,3)15(23)17-11-5-6-12-10(7-11)8-13(14(21)22)19(12)4/h5-8H,1-4H3,(H,17,23)(H,18,20)(H,21,22). The van der Waals surface area contributed by atoms with Crippen molar-refractivity contribution >= 4 is 34.4 Å². The molecule has 0 bridgehead atoms. The summed E-state index contributed by atoms with van der Waals surface area (Å²) in [5.41, 5.74) is 0.399. The number of amides is 2. The number of hydrogen-bond donors (Lipinski definition) is 3. The maximum Gasteiger partial charge on any atom is 0.352 e. The second-order valence-electron chi connectivity index (χ2n) is 5.93. The van der Waals surface area contributed by atoms with Gasteiger partial charge in [-0.05, 0) is 38.1 Å². The molecule has 0 fully saturated rings. The molecule has 0 saturated carbocycles. The van der Waals surface area contributed by atoms with Crippen molar-refractivity contribution < 1.29 is 19.5 Å². The Kier molecular flexibility index (Phi) is 4.14. The number of benzene rings is 1. The number of rotatable bonds is 4. The van der Waals surface area contributed by atoms with E-state index in [4.69, 9.17) is 5.11 Å². The van der Waals surface area contributed by atoms with Gasteiger partial charge in [0.2, 0.25) is 11.8 Å². The summed E-state index contributed by atoms with van der Waals surface area (Å²) in [5.74, 6) is -1.67. The van der Waals surface area contributed by atoms with E-state index in [9.17, 15) is 14.4 Å². The number of hydrogen-bond acceptors (Lipinski definition) is 3. The number of fused-ring (bicyclic) bond motifs is 1. The Morgan fingerprint density at radius 3 is 2.39 bits per heavy atom. The van der Waals surface area contributed by atoms with Crippen molar-refractivity contribution in [3.8, 4) is 0 Å². The largest absolute Gasteiger partial charge is 0.477 e. The van der Waals surface area contributed by atoms with Crippen molar-refractivity contribution in [2.45, 2.75) is 26.3 Å². The van der Waals surface area contributed by atoms with Crippen molar-refractivity contribution in [3.63, 3.8) is 0 Å². The lowest BCUT2D eigenvalue weighted by Gasteiger charge is -2.24. The third-order valence-corrected chi connectivity index (χ3v) is 3.58. The van der Waals surface area contributed by atoms with E-state index in [-0.39, 0.29) is 17.5 Å². The minimum absolute atomic E-state index is 0.169. The zero-order valence-corrected chi connectivity index (χ0v) is 13.4. The highest BCUT2D eigenvalue weighted by Gasteiger charge is 2.28. The molecule has 1 heterocycles. The number of carbonyl (C=O) groups excluding carboxylic acids is 2. The van der Waals surface area contributed by atoms with Gasteiger partial charge in [0.1, 0.15) is 11.2 Å². The maximum absolute atomic E-state index is 12.3. The molecule has 1 aromatic heterocycles. The molecule has 7 heteroatoms. The van der Waals surface area contributed by atoms with Crippen LogP contribution in [0.4, 0.5) is 5.69 Å². The number of nitrogens with one attached hydrogen (secondary N) is 2.